The number of hydrogen-bond acceptors (Lipinski definition) is 0. The minimum absolute atomic E-state index is 0. The fourth-order valence-corrected chi connectivity index (χ4v) is 1.00. The average molecular weight is 311 g/mol. The average Bonchev–Trinajstić information content (AvgIpc) is 3.03. The summed E-state index contributed by atoms with van der Waals surface area (Å²) in [7, 11) is 0. The molecule has 0 spiro atoms. The first-order valence-electron chi connectivity index (χ1n) is 5.49. The first kappa shape index (κ1) is 16.7. The van der Waals surface area contributed by atoms with Gasteiger partial charge in [-0.15, -0.1) is 0 Å². The summed E-state index contributed by atoms with van der Waals surface area (Å²) in [5, 5.41) is 0. The van der Waals surface area contributed by atoms with Crippen molar-refractivity contribution in [1.82, 2.24) is 0 Å². The van der Waals surface area contributed by atoms with Crippen LogP contribution < -0.4 is 0 Å². The van der Waals surface area contributed by atoms with Crippen LogP contribution in [0.5, 0.6) is 0 Å². The fraction of sp³-hybridized carbons (Fsp3) is 0. The summed E-state index contributed by atoms with van der Waals surface area (Å²) in [5.74, 6) is 0. The molecule has 0 aliphatic rings. The zero-order chi connectivity index (χ0) is 12.0. The van der Waals surface area contributed by atoms with Gasteiger partial charge in [-0.2, -0.15) is 91.0 Å². The zero-order valence-corrected chi connectivity index (χ0v) is 12.6. The summed E-state index contributed by atoms with van der Waals surface area (Å²) in [6.07, 6.45) is 0. The standard InChI is InChI=1S/2C6H5.C5H5.Zr/c2*1-2-4-6-5-3-1;1-2-4-5-3-1;/h2*1-5H;1-5H;/q3*-1;+3. The van der Waals surface area contributed by atoms with Gasteiger partial charge in [-0.25, -0.2) is 12.1 Å². The topological polar surface area (TPSA) is 0 Å². The minimum Gasteiger partial charge on any atom is -0.214 e. The van der Waals surface area contributed by atoms with Crippen molar-refractivity contribution in [3.8, 4) is 0 Å². The minimum atomic E-state index is 0. The molecule has 18 heavy (non-hydrogen) atoms. The second-order valence-electron chi connectivity index (χ2n) is 3.12. The molecule has 3 rings (SSSR count). The number of hydrogen-bond donors (Lipinski definition) is 0. The maximum atomic E-state index is 2.89. The maximum absolute atomic E-state index is 2.89. The van der Waals surface area contributed by atoms with Gasteiger partial charge < -0.3 is 0 Å². The molecule has 0 nitrogen and oxygen atoms in total. The maximum Gasteiger partial charge on any atom is 3.00 e. The Morgan fingerprint density at radius 3 is 1.00 bits per heavy atom. The van der Waals surface area contributed by atoms with Gasteiger partial charge in [0.25, 0.3) is 0 Å². The molecule has 0 N–H and O–H groups in total. The molecule has 3 aromatic rings. The smallest absolute Gasteiger partial charge is 0.214 e. The van der Waals surface area contributed by atoms with Gasteiger partial charge >= 0.3 is 26.2 Å². The molecule has 0 amide bonds. The molecular weight excluding hydrogens is 295 g/mol. The van der Waals surface area contributed by atoms with Gasteiger partial charge in [-0.05, 0) is 0 Å². The Kier molecular flexibility index (Phi) is 12.7. The molecule has 0 bridgehead atoms. The summed E-state index contributed by atoms with van der Waals surface area (Å²) < 4.78 is 0. The normalized spacial score (nSPS) is 7.56. The number of rotatable bonds is 0. The van der Waals surface area contributed by atoms with Crippen LogP contribution >= 0.6 is 0 Å². The molecule has 0 heterocycles. The molecule has 3 aromatic carbocycles. The van der Waals surface area contributed by atoms with Crippen LogP contribution in [-0.4, -0.2) is 0 Å². The molecule has 0 aliphatic carbocycles. The van der Waals surface area contributed by atoms with Crippen molar-refractivity contribution in [2.24, 2.45) is 0 Å². The predicted molar refractivity (Wildman–Crippen MR) is 72.6 cm³/mol. The Balaban J connectivity index is 0.000000235. The van der Waals surface area contributed by atoms with E-state index in [1.165, 1.54) is 0 Å². The van der Waals surface area contributed by atoms with Crippen molar-refractivity contribution in [1.29, 1.82) is 0 Å². The first-order valence-corrected chi connectivity index (χ1v) is 5.49. The van der Waals surface area contributed by atoms with Crippen molar-refractivity contribution in [3.63, 3.8) is 0 Å². The summed E-state index contributed by atoms with van der Waals surface area (Å²) in [6, 6.07) is 35.0. The second-order valence-corrected chi connectivity index (χ2v) is 3.12. The van der Waals surface area contributed by atoms with Gasteiger partial charge in [-0.3, -0.25) is 0 Å². The third-order valence-electron chi connectivity index (χ3n) is 1.77. The van der Waals surface area contributed by atoms with E-state index in [0.717, 1.165) is 0 Å². The van der Waals surface area contributed by atoms with E-state index in [2.05, 4.69) is 12.1 Å². The van der Waals surface area contributed by atoms with Gasteiger partial charge in [-0.1, -0.05) is 0 Å². The van der Waals surface area contributed by atoms with Crippen molar-refractivity contribution in [2.45, 2.75) is 0 Å². The monoisotopic (exact) mass is 309 g/mol. The molecule has 0 fully saturated rings. The van der Waals surface area contributed by atoms with Crippen LogP contribution in [0.2, 0.25) is 0 Å². The van der Waals surface area contributed by atoms with E-state index in [1.807, 2.05) is 91.0 Å². The second kappa shape index (κ2) is 13.7. The number of benzene rings is 2. The summed E-state index contributed by atoms with van der Waals surface area (Å²) in [6.45, 7) is 0. The zero-order valence-electron chi connectivity index (χ0n) is 10.2. The molecular formula is C17H15Zr. The van der Waals surface area contributed by atoms with E-state index >= 15 is 0 Å². The van der Waals surface area contributed by atoms with Crippen LogP contribution in [0.15, 0.2) is 91.0 Å². The molecule has 1 radical (unpaired) electrons. The molecule has 0 atom stereocenters. The van der Waals surface area contributed by atoms with Gasteiger partial charge in [0.05, 0.1) is 0 Å². The van der Waals surface area contributed by atoms with Crippen LogP contribution in [0.4, 0.5) is 0 Å². The third kappa shape index (κ3) is 11.2. The molecule has 0 aromatic heterocycles. The van der Waals surface area contributed by atoms with Crippen LogP contribution in [0.3, 0.4) is 0 Å². The van der Waals surface area contributed by atoms with Gasteiger partial charge in [0.2, 0.25) is 0 Å². The quantitative estimate of drug-likeness (QED) is 0.541. The van der Waals surface area contributed by atoms with Gasteiger partial charge in [0.15, 0.2) is 0 Å². The van der Waals surface area contributed by atoms with E-state index in [1.54, 1.807) is 0 Å². The van der Waals surface area contributed by atoms with Crippen molar-refractivity contribution in [2.75, 3.05) is 0 Å². The summed E-state index contributed by atoms with van der Waals surface area (Å²) in [4.78, 5) is 0. The van der Waals surface area contributed by atoms with Crippen LogP contribution in [0, 0.1) is 12.1 Å². The molecule has 0 aliphatic heterocycles. The van der Waals surface area contributed by atoms with Crippen molar-refractivity contribution >= 4 is 0 Å². The Morgan fingerprint density at radius 1 is 0.500 bits per heavy atom. The Hall–Kier alpha value is -1.33. The van der Waals surface area contributed by atoms with E-state index in [4.69, 9.17) is 0 Å². The molecule has 1 heteroatoms. The van der Waals surface area contributed by atoms with Crippen LogP contribution in [0.25, 0.3) is 0 Å². The van der Waals surface area contributed by atoms with E-state index < -0.39 is 0 Å². The van der Waals surface area contributed by atoms with Gasteiger partial charge in [0.1, 0.15) is 0 Å². The Labute approximate surface area is 129 Å². The molecule has 0 unspecified atom stereocenters. The van der Waals surface area contributed by atoms with Crippen molar-refractivity contribution in [3.05, 3.63) is 103 Å². The largest absolute Gasteiger partial charge is 3.00 e. The van der Waals surface area contributed by atoms with E-state index in [9.17, 15) is 0 Å². The van der Waals surface area contributed by atoms with Crippen molar-refractivity contribution < 1.29 is 26.2 Å². The molecule has 0 saturated carbocycles. The van der Waals surface area contributed by atoms with Crippen LogP contribution in [0.1, 0.15) is 0 Å². The van der Waals surface area contributed by atoms with Gasteiger partial charge in [0, 0.05) is 0 Å². The SMILES string of the molecule is [Zr+3].[c-]1ccccc1.[c-]1ccccc1.c1cc[cH-]c1. The molecule has 0 saturated heterocycles. The summed E-state index contributed by atoms with van der Waals surface area (Å²) >= 11 is 0. The third-order valence-corrected chi connectivity index (χ3v) is 1.77. The Morgan fingerprint density at radius 2 is 0.889 bits per heavy atom. The Bertz CT molecular complexity index is 316. The predicted octanol–water partition coefficient (Wildman–Crippen LogP) is 4.38. The molecule has 87 valence electrons. The van der Waals surface area contributed by atoms with Crippen LogP contribution in [-0.2, 0) is 26.2 Å². The van der Waals surface area contributed by atoms with E-state index in [-0.39, 0.29) is 26.2 Å². The first-order chi connectivity index (χ1) is 8.50. The summed E-state index contributed by atoms with van der Waals surface area (Å²) in [5.41, 5.74) is 0. The van der Waals surface area contributed by atoms with E-state index in [0.29, 0.717) is 0 Å². The fourth-order valence-electron chi connectivity index (χ4n) is 1.00.